The van der Waals surface area contributed by atoms with E-state index in [1.165, 1.54) is 16.0 Å². The van der Waals surface area contributed by atoms with Crippen LogP contribution >= 0.6 is 27.3 Å². The van der Waals surface area contributed by atoms with E-state index in [1.807, 2.05) is 27.7 Å². The van der Waals surface area contributed by atoms with Gasteiger partial charge < -0.3 is 16.2 Å². The number of fused-ring (bicyclic) bond motifs is 1. The molecule has 0 unspecified atom stereocenters. The molecule has 9 heteroatoms. The molecule has 7 nitrogen and oxygen atoms in total. The average molecular weight is 427 g/mol. The first kappa shape index (κ1) is 18.1. The number of primary amides is 2. The van der Waals surface area contributed by atoms with Gasteiger partial charge in [0.2, 0.25) is 0 Å². The Kier molecular flexibility index (Phi) is 4.09. The molecule has 2 aromatic heterocycles. The van der Waals surface area contributed by atoms with Crippen molar-refractivity contribution >= 4 is 39.1 Å². The number of ether oxygens (including phenoxy) is 1. The molecular formula is C16H19BrN4O3S. The minimum atomic E-state index is -0.655. The van der Waals surface area contributed by atoms with Crippen LogP contribution < -0.4 is 11.5 Å². The molecule has 0 saturated carbocycles. The highest BCUT2D eigenvalue weighted by Crippen LogP contribution is 2.47. The summed E-state index contributed by atoms with van der Waals surface area (Å²) < 4.78 is 8.11. The Morgan fingerprint density at radius 1 is 1.28 bits per heavy atom. The monoisotopic (exact) mass is 426 g/mol. The highest BCUT2D eigenvalue weighted by molar-refractivity contribution is 9.10. The summed E-state index contributed by atoms with van der Waals surface area (Å²) in [7, 11) is 0. The fourth-order valence-corrected chi connectivity index (χ4v) is 5.10. The maximum atomic E-state index is 12.2. The number of rotatable bonds is 3. The zero-order chi connectivity index (χ0) is 18.7. The maximum absolute atomic E-state index is 12.2. The van der Waals surface area contributed by atoms with Crippen molar-refractivity contribution in [2.75, 3.05) is 0 Å². The summed E-state index contributed by atoms with van der Waals surface area (Å²) >= 11 is 4.66. The Morgan fingerprint density at radius 2 is 1.92 bits per heavy atom. The fraction of sp³-hybridized carbons (Fsp3) is 0.438. The second-order valence-corrected chi connectivity index (χ2v) is 8.99. The number of amides is 2. The predicted octanol–water partition coefficient (Wildman–Crippen LogP) is 2.48. The smallest absolute Gasteiger partial charge is 0.270 e. The molecule has 2 aromatic rings. The van der Waals surface area contributed by atoms with Gasteiger partial charge in [0, 0.05) is 17.5 Å². The van der Waals surface area contributed by atoms with E-state index in [4.69, 9.17) is 16.2 Å². The number of carbonyl (C=O) groups excluding carboxylic acids is 2. The van der Waals surface area contributed by atoms with Crippen molar-refractivity contribution in [3.63, 3.8) is 0 Å². The molecule has 3 heterocycles. The van der Waals surface area contributed by atoms with Gasteiger partial charge in [0.05, 0.1) is 21.2 Å². The largest absolute Gasteiger partial charge is 0.365 e. The Hall–Kier alpha value is -1.71. The van der Waals surface area contributed by atoms with Crippen molar-refractivity contribution in [1.82, 2.24) is 9.78 Å². The van der Waals surface area contributed by atoms with Gasteiger partial charge in [0.1, 0.15) is 5.00 Å². The van der Waals surface area contributed by atoms with Gasteiger partial charge in [-0.2, -0.15) is 5.10 Å². The van der Waals surface area contributed by atoms with Crippen molar-refractivity contribution < 1.29 is 14.3 Å². The minimum absolute atomic E-state index is 0.0950. The van der Waals surface area contributed by atoms with Gasteiger partial charge in [-0.05, 0) is 49.2 Å². The summed E-state index contributed by atoms with van der Waals surface area (Å²) in [5.74, 6) is -1.19. The molecule has 0 spiro atoms. The molecule has 2 amide bonds. The molecule has 4 N–H and O–H groups in total. The van der Waals surface area contributed by atoms with Gasteiger partial charge in [-0.1, -0.05) is 0 Å². The summed E-state index contributed by atoms with van der Waals surface area (Å²) in [6.07, 6.45) is 2.16. The van der Waals surface area contributed by atoms with Crippen LogP contribution in [0.4, 0.5) is 0 Å². The van der Waals surface area contributed by atoms with Crippen LogP contribution in [-0.2, 0) is 16.8 Å². The Bertz CT molecular complexity index is 898. The van der Waals surface area contributed by atoms with Gasteiger partial charge >= 0.3 is 0 Å². The molecule has 1 aliphatic rings. The summed E-state index contributed by atoms with van der Waals surface area (Å²) in [5.41, 5.74) is 11.4. The number of nitrogens with two attached hydrogens (primary N) is 2. The predicted molar refractivity (Wildman–Crippen MR) is 98.1 cm³/mol. The first-order chi connectivity index (χ1) is 11.4. The van der Waals surface area contributed by atoms with Crippen LogP contribution in [0.25, 0.3) is 5.00 Å². The third-order valence-electron chi connectivity index (χ3n) is 4.03. The molecule has 0 aromatic carbocycles. The zero-order valence-corrected chi connectivity index (χ0v) is 16.7. The van der Waals surface area contributed by atoms with E-state index in [-0.39, 0.29) is 5.69 Å². The molecule has 0 radical (unpaired) electrons. The number of thiophene rings is 1. The molecule has 0 saturated heterocycles. The van der Waals surface area contributed by atoms with E-state index in [2.05, 4.69) is 21.0 Å². The average Bonchev–Trinajstić information content (AvgIpc) is 2.97. The Balaban J connectivity index is 2.27. The van der Waals surface area contributed by atoms with Crippen LogP contribution in [0.2, 0.25) is 0 Å². The standard InChI is InChI=1S/C16H19BrN4O3S/c1-15(2)5-7-9(12(18)22)14(25-11(7)16(3,4)24-15)21-6-8(17)10(20-21)13(19)23/h6H,5H2,1-4H3,(H2,18,22)(H2,19,23). The zero-order valence-electron chi connectivity index (χ0n) is 14.3. The van der Waals surface area contributed by atoms with Crippen LogP contribution in [0.15, 0.2) is 10.7 Å². The highest BCUT2D eigenvalue weighted by atomic mass is 79.9. The lowest BCUT2D eigenvalue weighted by Gasteiger charge is -2.41. The quantitative estimate of drug-likeness (QED) is 0.784. The van der Waals surface area contributed by atoms with E-state index in [1.54, 1.807) is 6.20 Å². The van der Waals surface area contributed by atoms with E-state index < -0.39 is 23.0 Å². The first-order valence-electron chi connectivity index (χ1n) is 7.64. The molecule has 1 aliphatic heterocycles. The van der Waals surface area contributed by atoms with Crippen molar-refractivity contribution in [2.24, 2.45) is 11.5 Å². The second-order valence-electron chi connectivity index (χ2n) is 7.14. The van der Waals surface area contributed by atoms with E-state index in [9.17, 15) is 9.59 Å². The third-order valence-corrected chi connectivity index (χ3v) is 6.13. The number of halogens is 1. The second kappa shape index (κ2) is 5.65. The summed E-state index contributed by atoms with van der Waals surface area (Å²) in [4.78, 5) is 24.6. The van der Waals surface area contributed by atoms with Gasteiger partial charge in [0.15, 0.2) is 5.69 Å². The first-order valence-corrected chi connectivity index (χ1v) is 9.25. The van der Waals surface area contributed by atoms with E-state index in [0.29, 0.717) is 21.5 Å². The SMILES string of the molecule is CC1(C)Cc2c(sc(-n3cc(Br)c(C(N)=O)n3)c2C(N)=O)C(C)(C)O1. The van der Waals surface area contributed by atoms with Gasteiger partial charge in [-0.25, -0.2) is 4.68 Å². The lowest BCUT2D eigenvalue weighted by molar-refractivity contribution is -0.135. The molecular weight excluding hydrogens is 408 g/mol. The Labute approximate surface area is 157 Å². The van der Waals surface area contributed by atoms with Crippen molar-refractivity contribution in [3.8, 4) is 5.00 Å². The maximum Gasteiger partial charge on any atom is 0.270 e. The third kappa shape index (κ3) is 3.00. The number of nitrogens with zero attached hydrogens (tertiary/aromatic N) is 2. The van der Waals surface area contributed by atoms with Crippen LogP contribution in [0.1, 0.15) is 59.0 Å². The number of carbonyl (C=O) groups is 2. The summed E-state index contributed by atoms with van der Waals surface area (Å²) in [6.45, 7) is 7.89. The number of aromatic nitrogens is 2. The molecule has 0 bridgehead atoms. The van der Waals surface area contributed by atoms with E-state index >= 15 is 0 Å². The molecule has 25 heavy (non-hydrogen) atoms. The molecule has 0 aliphatic carbocycles. The number of hydrogen-bond donors (Lipinski definition) is 2. The molecule has 3 rings (SSSR count). The summed E-state index contributed by atoms with van der Waals surface area (Å²) in [6, 6.07) is 0. The lowest BCUT2D eigenvalue weighted by atomic mass is 9.86. The number of hydrogen-bond acceptors (Lipinski definition) is 5. The lowest BCUT2D eigenvalue weighted by Crippen LogP contribution is -2.42. The van der Waals surface area contributed by atoms with Gasteiger partial charge in [-0.15, -0.1) is 11.3 Å². The van der Waals surface area contributed by atoms with Crippen LogP contribution in [-0.4, -0.2) is 27.2 Å². The van der Waals surface area contributed by atoms with E-state index in [0.717, 1.165) is 10.4 Å². The molecule has 134 valence electrons. The van der Waals surface area contributed by atoms with Gasteiger partial charge in [-0.3, -0.25) is 9.59 Å². The molecule has 0 fully saturated rings. The van der Waals surface area contributed by atoms with Crippen LogP contribution in [0.3, 0.4) is 0 Å². The fourth-order valence-electron chi connectivity index (χ4n) is 3.35. The Morgan fingerprint density at radius 3 is 2.44 bits per heavy atom. The van der Waals surface area contributed by atoms with Crippen molar-refractivity contribution in [1.29, 1.82) is 0 Å². The van der Waals surface area contributed by atoms with Crippen molar-refractivity contribution in [2.45, 2.75) is 45.3 Å². The summed E-state index contributed by atoms with van der Waals surface area (Å²) in [5, 5.41) is 4.76. The highest BCUT2D eigenvalue weighted by Gasteiger charge is 2.43. The van der Waals surface area contributed by atoms with Crippen LogP contribution in [0, 0.1) is 0 Å². The minimum Gasteiger partial charge on any atom is -0.365 e. The van der Waals surface area contributed by atoms with Crippen LogP contribution in [0.5, 0.6) is 0 Å². The molecule has 0 atom stereocenters. The van der Waals surface area contributed by atoms with Crippen molar-refractivity contribution in [3.05, 3.63) is 32.4 Å². The van der Waals surface area contributed by atoms with Gasteiger partial charge in [0.25, 0.3) is 11.8 Å². The topological polar surface area (TPSA) is 113 Å². The normalized spacial score (nSPS) is 18.0.